The van der Waals surface area contributed by atoms with Gasteiger partial charge in [-0.1, -0.05) is 120 Å². The molecule has 4 heterocycles. The van der Waals surface area contributed by atoms with Crippen molar-refractivity contribution in [3.8, 4) is 5.75 Å². The molecule has 8 rings (SSSR count). The lowest BCUT2D eigenvalue weighted by atomic mass is 9.77. The number of thioether (sulfide) groups is 1. The Hall–Kier alpha value is -7.50. The van der Waals surface area contributed by atoms with Crippen molar-refractivity contribution in [1.82, 2.24) is 25.3 Å². The van der Waals surface area contributed by atoms with Crippen molar-refractivity contribution >= 4 is 63.7 Å². The van der Waals surface area contributed by atoms with Crippen molar-refractivity contribution in [1.29, 1.82) is 0 Å². The molecule has 17 heteroatoms. The van der Waals surface area contributed by atoms with E-state index in [2.05, 4.69) is 57.3 Å². The number of rotatable bonds is 16. The first-order valence-electron chi connectivity index (χ1n) is 20.3. The number of anilines is 1. The largest absolute Gasteiger partial charge is 0.497 e. The molecule has 4 aromatic carbocycles. The van der Waals surface area contributed by atoms with Crippen LogP contribution in [0.4, 0.5) is 5.13 Å². The van der Waals surface area contributed by atoms with Crippen LogP contribution >= 0.6 is 23.1 Å². The average molecular weight is 910 g/mol. The molecule has 0 saturated carbocycles. The SMILES string of the molecule is CO/N=C(\C(=O)N[C@@H]1C(=O)N2C(C(=O)OCc3ccc(OC)cc3)=C(/C=C/c3cc(C(=O)N(C)C)no3)CS[C@H]12)c1csc(NC(c2ccccc2)(c2ccccc2)c2ccccc2)n1. The van der Waals surface area contributed by atoms with Gasteiger partial charge in [0.2, 0.25) is 0 Å². The lowest BCUT2D eigenvalue weighted by Gasteiger charge is -2.49. The summed E-state index contributed by atoms with van der Waals surface area (Å²) in [6.07, 6.45) is 3.18. The Labute approximate surface area is 382 Å². The highest BCUT2D eigenvalue weighted by molar-refractivity contribution is 8.00. The molecule has 6 aromatic rings. The van der Waals surface area contributed by atoms with E-state index in [-0.39, 0.29) is 46.8 Å². The van der Waals surface area contributed by atoms with Crippen LogP contribution in [-0.2, 0) is 36.1 Å². The lowest BCUT2D eigenvalue weighted by Crippen LogP contribution is -2.71. The highest BCUT2D eigenvalue weighted by Gasteiger charge is 2.54. The number of nitrogens with one attached hydrogen (secondary N) is 2. The maximum atomic E-state index is 14.1. The van der Waals surface area contributed by atoms with E-state index < -0.39 is 34.7 Å². The summed E-state index contributed by atoms with van der Waals surface area (Å²) in [5.74, 6) is -1.15. The lowest BCUT2D eigenvalue weighted by molar-refractivity contribution is -0.153. The minimum Gasteiger partial charge on any atom is -0.497 e. The van der Waals surface area contributed by atoms with Gasteiger partial charge >= 0.3 is 5.97 Å². The number of aromatic nitrogens is 2. The molecule has 0 spiro atoms. The van der Waals surface area contributed by atoms with E-state index in [0.717, 1.165) is 16.7 Å². The van der Waals surface area contributed by atoms with Gasteiger partial charge < -0.3 is 34.4 Å². The minimum absolute atomic E-state index is 0.0119. The van der Waals surface area contributed by atoms with Gasteiger partial charge in [0.15, 0.2) is 22.3 Å². The molecule has 0 unspecified atom stereocenters. The summed E-state index contributed by atoms with van der Waals surface area (Å²) in [5.41, 5.74) is 3.39. The second kappa shape index (κ2) is 19.5. The van der Waals surface area contributed by atoms with Crippen molar-refractivity contribution in [2.75, 3.05) is 39.4 Å². The van der Waals surface area contributed by atoms with Crippen LogP contribution in [0.15, 0.2) is 154 Å². The number of nitrogens with zero attached hydrogens (tertiary/aromatic N) is 5. The van der Waals surface area contributed by atoms with E-state index >= 15 is 0 Å². The third-order valence-electron chi connectivity index (χ3n) is 10.7. The van der Waals surface area contributed by atoms with Gasteiger partial charge in [-0.2, -0.15) is 0 Å². The Bertz CT molecular complexity index is 2680. The van der Waals surface area contributed by atoms with Gasteiger partial charge in [0, 0.05) is 31.3 Å². The normalized spacial score (nSPS) is 16.1. The van der Waals surface area contributed by atoms with Crippen LogP contribution in [0.3, 0.4) is 0 Å². The first kappa shape index (κ1) is 44.1. The molecule has 2 N–H and O–H groups in total. The Morgan fingerprint density at radius 2 is 1.52 bits per heavy atom. The Morgan fingerprint density at radius 3 is 2.11 bits per heavy atom. The Kier molecular flexibility index (Phi) is 13.2. The molecule has 15 nitrogen and oxygen atoms in total. The number of oxime groups is 1. The molecule has 2 atom stereocenters. The predicted molar refractivity (Wildman–Crippen MR) is 247 cm³/mol. The average Bonchev–Trinajstić information content (AvgIpc) is 4.03. The van der Waals surface area contributed by atoms with Crippen LogP contribution in [0, 0.1) is 0 Å². The fraction of sp³-hybridized carbons (Fsp3) is 0.188. The second-order valence-electron chi connectivity index (χ2n) is 14.9. The number of fused-ring (bicyclic) bond motifs is 1. The zero-order valence-corrected chi connectivity index (χ0v) is 37.3. The first-order valence-corrected chi connectivity index (χ1v) is 22.2. The Morgan fingerprint density at radius 1 is 0.892 bits per heavy atom. The summed E-state index contributed by atoms with van der Waals surface area (Å²) in [4.78, 5) is 67.3. The van der Waals surface area contributed by atoms with E-state index in [0.29, 0.717) is 22.0 Å². The number of benzene rings is 4. The molecule has 1 fully saturated rings. The zero-order valence-electron chi connectivity index (χ0n) is 35.7. The van der Waals surface area contributed by atoms with Crippen LogP contribution in [0.2, 0.25) is 0 Å². The summed E-state index contributed by atoms with van der Waals surface area (Å²) in [6.45, 7) is -0.0774. The van der Waals surface area contributed by atoms with Gasteiger partial charge in [0.05, 0.1) is 7.11 Å². The number of carbonyl (C=O) groups excluding carboxylic acids is 4. The summed E-state index contributed by atoms with van der Waals surface area (Å²) >= 11 is 2.63. The van der Waals surface area contributed by atoms with Crippen molar-refractivity contribution in [2.24, 2.45) is 5.16 Å². The molecule has 65 heavy (non-hydrogen) atoms. The van der Waals surface area contributed by atoms with Gasteiger partial charge in [0.25, 0.3) is 17.7 Å². The number of β-lactam (4-membered cyclic amide) rings is 1. The molecule has 0 aliphatic carbocycles. The number of amides is 3. The molecule has 3 amide bonds. The van der Waals surface area contributed by atoms with E-state index in [1.54, 1.807) is 63.0 Å². The summed E-state index contributed by atoms with van der Waals surface area (Å²) in [7, 11) is 6.08. The minimum atomic E-state index is -1.03. The zero-order chi connectivity index (χ0) is 45.5. The third-order valence-corrected chi connectivity index (χ3v) is 12.7. The molecular weight excluding hydrogens is 867 g/mol. The van der Waals surface area contributed by atoms with Crippen molar-refractivity contribution < 1.29 is 38.0 Å². The molecule has 330 valence electrons. The fourth-order valence-electron chi connectivity index (χ4n) is 7.47. The van der Waals surface area contributed by atoms with E-state index in [9.17, 15) is 19.2 Å². The first-order chi connectivity index (χ1) is 31.6. The van der Waals surface area contributed by atoms with E-state index in [4.69, 9.17) is 23.8 Å². The number of carbonyl (C=O) groups is 4. The van der Waals surface area contributed by atoms with Crippen LogP contribution in [0.5, 0.6) is 5.75 Å². The maximum Gasteiger partial charge on any atom is 0.355 e. The molecule has 2 aromatic heterocycles. The Balaban J connectivity index is 1.04. The smallest absolute Gasteiger partial charge is 0.355 e. The van der Waals surface area contributed by atoms with Crippen LogP contribution in [0.25, 0.3) is 6.08 Å². The number of hydrogen-bond donors (Lipinski definition) is 2. The monoisotopic (exact) mass is 909 g/mol. The summed E-state index contributed by atoms with van der Waals surface area (Å²) in [5, 5.41) is 16.0. The van der Waals surface area contributed by atoms with Gasteiger partial charge in [-0.15, -0.1) is 23.1 Å². The fourth-order valence-corrected chi connectivity index (χ4v) is 9.54. The molecule has 1 saturated heterocycles. The van der Waals surface area contributed by atoms with Gasteiger partial charge in [-0.05, 0) is 46.0 Å². The molecular formula is C48H43N7O8S2. The highest BCUT2D eigenvalue weighted by Crippen LogP contribution is 2.43. The number of thiazole rings is 1. The number of methoxy groups -OCH3 is 1. The van der Waals surface area contributed by atoms with E-state index in [1.165, 1.54) is 46.1 Å². The molecule has 2 aliphatic heterocycles. The molecule has 2 aliphatic rings. The summed E-state index contributed by atoms with van der Waals surface area (Å²) in [6, 6.07) is 37.6. The maximum absolute atomic E-state index is 14.1. The second-order valence-corrected chi connectivity index (χ2v) is 16.9. The quantitative estimate of drug-likeness (QED) is 0.0346. The third kappa shape index (κ3) is 9.14. The summed E-state index contributed by atoms with van der Waals surface area (Å²) < 4.78 is 16.4. The van der Waals surface area contributed by atoms with Crippen molar-refractivity contribution in [3.63, 3.8) is 0 Å². The standard InChI is InChI=1S/C48H43N7O8S2/c1-54(2)43(57)37-26-36(63-52-37)25-22-31-28-64-45-40(44(58)55(45)41(31)46(59)62-27-30-20-23-35(60-3)24-21-30)50-42(56)39(53-61-4)38-29-65-47(49-38)51-48(32-14-8-5-9-15-32,33-16-10-6-11-17-33)34-18-12-7-13-19-34/h5-26,29,40,45H,27-28H2,1-4H3,(H,49,51)(H,50,56)/b25-22+,53-39-/t40-,45-/m1/s1. The molecule has 0 bridgehead atoms. The topological polar surface area (TPSA) is 178 Å². The van der Waals surface area contributed by atoms with Crippen molar-refractivity contribution in [3.05, 3.63) is 183 Å². The number of allylic oxidation sites excluding steroid dienone is 1. The van der Waals surface area contributed by atoms with E-state index in [1.807, 2.05) is 54.6 Å². The van der Waals surface area contributed by atoms with Crippen LogP contribution in [-0.4, -0.2) is 94.8 Å². The number of ether oxygens (including phenoxy) is 2. The highest BCUT2D eigenvalue weighted by atomic mass is 32.2. The number of hydrogen-bond acceptors (Lipinski definition) is 14. The van der Waals surface area contributed by atoms with Gasteiger partial charge in [-0.25, -0.2) is 9.78 Å². The van der Waals surface area contributed by atoms with Gasteiger partial charge in [-0.3, -0.25) is 19.3 Å². The van der Waals surface area contributed by atoms with Crippen molar-refractivity contribution in [2.45, 2.75) is 23.6 Å². The molecule has 0 radical (unpaired) electrons. The van der Waals surface area contributed by atoms with Crippen LogP contribution in [0.1, 0.15) is 44.2 Å². The number of esters is 1. The van der Waals surface area contributed by atoms with Gasteiger partial charge in [0.1, 0.15) is 47.8 Å². The predicted octanol–water partition coefficient (Wildman–Crippen LogP) is 6.71. The van der Waals surface area contributed by atoms with Crippen LogP contribution < -0.4 is 15.4 Å².